The monoisotopic (exact) mass is 761 g/mol. The van der Waals surface area contributed by atoms with Gasteiger partial charge in [0, 0.05) is 47.8 Å². The Hall–Kier alpha value is -4.69. The number of ether oxygens (including phenoxy) is 2. The molecule has 0 radical (unpaired) electrons. The molecule has 5 unspecified atom stereocenters. The number of halogens is 3. The van der Waals surface area contributed by atoms with Crippen molar-refractivity contribution < 1.29 is 42.1 Å². The number of rotatable bonds is 11. The molecule has 2 aliphatic heterocycles. The Morgan fingerprint density at radius 3 is 2.26 bits per heavy atom. The molecule has 0 saturated carbocycles. The van der Waals surface area contributed by atoms with Crippen molar-refractivity contribution in [3.63, 3.8) is 0 Å². The molecule has 3 amide bonds. The Balaban J connectivity index is 1.17. The molecule has 6 rings (SSSR count). The summed E-state index contributed by atoms with van der Waals surface area (Å²) in [5.74, 6) is -2.12. The van der Waals surface area contributed by atoms with Crippen LogP contribution in [0.25, 0.3) is 11.1 Å². The van der Waals surface area contributed by atoms with Gasteiger partial charge in [-0.25, -0.2) is 0 Å². The van der Waals surface area contributed by atoms with Crippen LogP contribution in [-0.4, -0.2) is 58.3 Å². The van der Waals surface area contributed by atoms with E-state index in [-0.39, 0.29) is 50.2 Å². The summed E-state index contributed by atoms with van der Waals surface area (Å²) in [6.45, 7) is 3.47. The van der Waals surface area contributed by atoms with E-state index in [0.29, 0.717) is 17.1 Å². The molecule has 54 heavy (non-hydrogen) atoms. The maximum atomic E-state index is 13.1. The van der Waals surface area contributed by atoms with E-state index in [2.05, 4.69) is 17.6 Å². The van der Waals surface area contributed by atoms with Crippen molar-refractivity contribution >= 4 is 35.2 Å². The number of likely N-dealkylation sites (tertiary alicyclic amines) is 1. The molecule has 2 fully saturated rings. The fraction of sp³-hybridized carbons (Fsp3) is 0.341. The van der Waals surface area contributed by atoms with Crippen LogP contribution in [0.4, 0.5) is 18.9 Å². The second kappa shape index (κ2) is 17.2. The number of thioether (sulfide) groups is 1. The topological polar surface area (TPSA) is 117 Å². The summed E-state index contributed by atoms with van der Waals surface area (Å²) >= 11 is 1.65. The first-order chi connectivity index (χ1) is 25.9. The average molecular weight is 762 g/mol. The van der Waals surface area contributed by atoms with Crippen LogP contribution in [0.1, 0.15) is 61.3 Å². The molecule has 2 saturated heterocycles. The molecule has 3 N–H and O–H groups in total. The summed E-state index contributed by atoms with van der Waals surface area (Å²) in [4.78, 5) is 38.0. The molecule has 4 aromatic rings. The van der Waals surface area contributed by atoms with E-state index in [4.69, 9.17) is 9.47 Å². The molecule has 0 aromatic heterocycles. The fourth-order valence-corrected chi connectivity index (χ4v) is 7.91. The van der Waals surface area contributed by atoms with Gasteiger partial charge in [-0.1, -0.05) is 79.7 Å². The lowest BCUT2D eigenvalue weighted by Crippen LogP contribution is -2.50. The number of anilines is 1. The predicted molar refractivity (Wildman–Crippen MR) is 199 cm³/mol. The van der Waals surface area contributed by atoms with Crippen molar-refractivity contribution in [2.24, 2.45) is 5.92 Å². The Bertz CT molecular complexity index is 1920. The number of hydrogen-bond acceptors (Lipinski definition) is 7. The van der Waals surface area contributed by atoms with Gasteiger partial charge in [-0.05, 0) is 64.9 Å². The highest BCUT2D eigenvalue weighted by molar-refractivity contribution is 7.99. The zero-order chi connectivity index (χ0) is 38.4. The lowest BCUT2D eigenvalue weighted by molar-refractivity contribution is -0.268. The summed E-state index contributed by atoms with van der Waals surface area (Å²) in [5.41, 5.74) is 5.75. The summed E-state index contributed by atoms with van der Waals surface area (Å²) < 4.78 is 52.6. The van der Waals surface area contributed by atoms with Gasteiger partial charge in [0.05, 0.1) is 18.8 Å². The Labute approximate surface area is 316 Å². The first-order valence-electron chi connectivity index (χ1n) is 17.8. The van der Waals surface area contributed by atoms with Crippen LogP contribution >= 0.6 is 11.8 Å². The van der Waals surface area contributed by atoms with Crippen molar-refractivity contribution in [3.05, 3.63) is 119 Å². The second-order valence-corrected chi connectivity index (χ2v) is 14.6. The maximum absolute atomic E-state index is 13.1. The van der Waals surface area contributed by atoms with Crippen LogP contribution in [0.5, 0.6) is 0 Å². The molecule has 9 nitrogen and oxygen atoms in total. The lowest BCUT2D eigenvalue weighted by Gasteiger charge is -2.41. The average Bonchev–Trinajstić information content (AvgIpc) is 3.67. The number of nitrogens with zero attached hydrogens (tertiary/aromatic N) is 1. The molecule has 2 aliphatic rings. The van der Waals surface area contributed by atoms with Crippen molar-refractivity contribution in [2.45, 2.75) is 75.5 Å². The highest BCUT2D eigenvalue weighted by Crippen LogP contribution is 2.43. The van der Waals surface area contributed by atoms with Gasteiger partial charge < -0.3 is 30.1 Å². The van der Waals surface area contributed by atoms with Gasteiger partial charge in [0.25, 0.3) is 0 Å². The Morgan fingerprint density at radius 2 is 1.59 bits per heavy atom. The van der Waals surface area contributed by atoms with E-state index in [1.807, 2.05) is 97.1 Å². The minimum absolute atomic E-state index is 0.0170. The second-order valence-electron chi connectivity index (χ2n) is 13.5. The van der Waals surface area contributed by atoms with Gasteiger partial charge in [0.1, 0.15) is 6.04 Å². The molecule has 0 bridgehead atoms. The van der Waals surface area contributed by atoms with E-state index in [0.717, 1.165) is 44.0 Å². The Kier molecular flexibility index (Phi) is 12.4. The first kappa shape index (κ1) is 39.0. The van der Waals surface area contributed by atoms with Crippen molar-refractivity contribution in [3.8, 4) is 11.1 Å². The number of carbonyl (C=O) groups is 3. The number of aliphatic hydroxyl groups excluding tert-OH is 1. The van der Waals surface area contributed by atoms with Crippen LogP contribution < -0.4 is 10.6 Å². The molecule has 0 spiro atoms. The van der Waals surface area contributed by atoms with Gasteiger partial charge in [-0.15, -0.1) is 11.8 Å². The standard InChI is InChI=1S/C41H42F3N3O6S/c1-25-36(24-54-33-19-17-32(18-20-33)46-26(2)49)52-39(53-37(25)29-11-9-27(23-48)10-12-29)30-15-13-28(14-16-30)34-7-4-3-6-31(34)22-45-38(50)35-8-5-21-47(35)40(51)41(42,43)44/h3-4,6-7,9-20,25,35-37,39,48H,5,8,21-24H2,1-2H3,(H,45,50)(H,46,49). The van der Waals surface area contributed by atoms with Crippen LogP contribution in [0.2, 0.25) is 0 Å². The minimum Gasteiger partial charge on any atom is -0.392 e. The SMILES string of the molecule is CC(=O)Nc1ccc(SCC2OC(c3ccc(-c4ccccc4CNC(=O)C4CCCN4C(=O)C(F)(F)F)cc3)OC(c3ccc(CO)cc3)C2C)cc1. The van der Waals surface area contributed by atoms with E-state index < -0.39 is 30.3 Å². The molecule has 2 heterocycles. The van der Waals surface area contributed by atoms with E-state index in [1.165, 1.54) is 6.92 Å². The highest BCUT2D eigenvalue weighted by atomic mass is 32.2. The number of carbonyl (C=O) groups excluding carboxylic acids is 3. The van der Waals surface area contributed by atoms with Crippen LogP contribution in [0.15, 0.2) is 102 Å². The summed E-state index contributed by atoms with van der Waals surface area (Å²) in [6, 6.07) is 29.4. The van der Waals surface area contributed by atoms with E-state index >= 15 is 0 Å². The number of alkyl halides is 3. The van der Waals surface area contributed by atoms with E-state index in [1.54, 1.807) is 11.8 Å². The zero-order valence-corrected chi connectivity index (χ0v) is 30.7. The maximum Gasteiger partial charge on any atom is 0.471 e. The molecule has 0 aliphatic carbocycles. The third-order valence-corrected chi connectivity index (χ3v) is 10.8. The van der Waals surface area contributed by atoms with Gasteiger partial charge in [-0.3, -0.25) is 14.4 Å². The third-order valence-electron chi connectivity index (χ3n) is 9.74. The quantitative estimate of drug-likeness (QED) is 0.135. The lowest BCUT2D eigenvalue weighted by atomic mass is 9.91. The molecular formula is C41H42F3N3O6S. The van der Waals surface area contributed by atoms with E-state index in [9.17, 15) is 32.7 Å². The fourth-order valence-electron chi connectivity index (χ4n) is 6.85. The number of hydrogen-bond donors (Lipinski definition) is 3. The number of aliphatic hydroxyl groups is 1. The Morgan fingerprint density at radius 1 is 0.907 bits per heavy atom. The summed E-state index contributed by atoms with van der Waals surface area (Å²) in [6.07, 6.45) is -5.73. The largest absolute Gasteiger partial charge is 0.471 e. The van der Waals surface area contributed by atoms with Gasteiger partial charge in [0.15, 0.2) is 6.29 Å². The minimum atomic E-state index is -5.04. The first-order valence-corrected chi connectivity index (χ1v) is 18.7. The molecule has 5 atom stereocenters. The summed E-state index contributed by atoms with van der Waals surface area (Å²) in [7, 11) is 0. The van der Waals surface area contributed by atoms with Crippen molar-refractivity contribution in [2.75, 3.05) is 17.6 Å². The molecule has 4 aromatic carbocycles. The number of nitrogens with one attached hydrogen (secondary N) is 2. The highest BCUT2D eigenvalue weighted by Gasteiger charge is 2.47. The number of benzene rings is 4. The molecule has 284 valence electrons. The normalized spacial score (nSPS) is 21.4. The summed E-state index contributed by atoms with van der Waals surface area (Å²) in [5, 5.41) is 15.1. The van der Waals surface area contributed by atoms with Crippen LogP contribution in [-0.2, 0) is 37.0 Å². The van der Waals surface area contributed by atoms with Crippen LogP contribution in [0, 0.1) is 5.92 Å². The van der Waals surface area contributed by atoms with Crippen LogP contribution in [0.3, 0.4) is 0 Å². The van der Waals surface area contributed by atoms with Gasteiger partial charge in [0.2, 0.25) is 11.8 Å². The van der Waals surface area contributed by atoms with Gasteiger partial charge in [-0.2, -0.15) is 13.2 Å². The van der Waals surface area contributed by atoms with Crippen molar-refractivity contribution in [1.82, 2.24) is 10.2 Å². The smallest absolute Gasteiger partial charge is 0.392 e. The zero-order valence-electron chi connectivity index (χ0n) is 29.8. The number of amides is 3. The van der Waals surface area contributed by atoms with Gasteiger partial charge >= 0.3 is 12.1 Å². The van der Waals surface area contributed by atoms with Crippen molar-refractivity contribution in [1.29, 1.82) is 0 Å². The molecular weight excluding hydrogens is 720 g/mol. The molecule has 13 heteroatoms. The predicted octanol–water partition coefficient (Wildman–Crippen LogP) is 7.56. The third kappa shape index (κ3) is 9.33.